The molecule has 0 bridgehead atoms. The van der Waals surface area contributed by atoms with Crippen LogP contribution in [0.25, 0.3) is 0 Å². The van der Waals surface area contributed by atoms with E-state index < -0.39 is 11.7 Å². The lowest BCUT2D eigenvalue weighted by atomic mass is 9.84. The van der Waals surface area contributed by atoms with Crippen molar-refractivity contribution >= 4 is 11.7 Å². The summed E-state index contributed by atoms with van der Waals surface area (Å²) >= 11 is 0. The van der Waals surface area contributed by atoms with Gasteiger partial charge in [-0.25, -0.2) is 4.98 Å². The first-order valence-electron chi connectivity index (χ1n) is 12.9. The van der Waals surface area contributed by atoms with Gasteiger partial charge in [0.05, 0.1) is 12.2 Å². The maximum atomic E-state index is 12.7. The van der Waals surface area contributed by atoms with E-state index in [1.807, 2.05) is 6.20 Å². The van der Waals surface area contributed by atoms with E-state index in [-0.39, 0.29) is 17.5 Å². The van der Waals surface area contributed by atoms with Gasteiger partial charge in [-0.2, -0.15) is 13.2 Å². The number of benzene rings is 1. The Kier molecular flexibility index (Phi) is 7.37. The number of fused-ring (bicyclic) bond motifs is 1. The van der Waals surface area contributed by atoms with Crippen LogP contribution < -0.4 is 15.0 Å². The number of aromatic nitrogens is 1. The molecule has 2 aliphatic heterocycles. The number of piperazine rings is 1. The van der Waals surface area contributed by atoms with Gasteiger partial charge in [0.15, 0.2) is 11.6 Å². The minimum atomic E-state index is -4.39. The Labute approximate surface area is 209 Å². The molecule has 1 aromatic carbocycles. The fraction of sp³-hybridized carbons (Fsp3) is 0.556. The largest absolute Gasteiger partial charge is 0.489 e. The van der Waals surface area contributed by atoms with E-state index in [0.717, 1.165) is 102 Å². The van der Waals surface area contributed by atoms with Gasteiger partial charge < -0.3 is 15.0 Å². The van der Waals surface area contributed by atoms with Crippen molar-refractivity contribution in [2.24, 2.45) is 5.92 Å². The number of nitrogens with one attached hydrogen (secondary N) is 1. The van der Waals surface area contributed by atoms with E-state index >= 15 is 0 Å². The minimum Gasteiger partial charge on any atom is -0.489 e. The molecule has 36 heavy (non-hydrogen) atoms. The molecule has 5 rings (SSSR count). The maximum absolute atomic E-state index is 12.7. The molecular weight excluding hydrogens is 469 g/mol. The van der Waals surface area contributed by atoms with E-state index in [9.17, 15) is 18.0 Å². The second-order valence-corrected chi connectivity index (χ2v) is 10.1. The van der Waals surface area contributed by atoms with Crippen molar-refractivity contribution in [1.29, 1.82) is 0 Å². The molecule has 0 unspecified atom stereocenters. The first-order chi connectivity index (χ1) is 17.4. The fourth-order valence-electron chi connectivity index (χ4n) is 5.54. The van der Waals surface area contributed by atoms with Gasteiger partial charge in [-0.3, -0.25) is 9.69 Å². The lowest BCUT2D eigenvalue weighted by Gasteiger charge is -2.37. The first kappa shape index (κ1) is 24.9. The van der Waals surface area contributed by atoms with Crippen LogP contribution >= 0.6 is 0 Å². The van der Waals surface area contributed by atoms with Crippen LogP contribution in [-0.2, 0) is 12.6 Å². The number of rotatable bonds is 6. The summed E-state index contributed by atoms with van der Waals surface area (Å²) in [7, 11) is 0. The maximum Gasteiger partial charge on any atom is 0.416 e. The van der Waals surface area contributed by atoms with E-state index in [2.05, 4.69) is 26.2 Å². The highest BCUT2D eigenvalue weighted by Gasteiger charge is 2.31. The highest BCUT2D eigenvalue weighted by atomic mass is 19.4. The Hall–Kier alpha value is -2.81. The molecule has 1 N–H and O–H groups in total. The number of pyridine rings is 1. The zero-order chi connectivity index (χ0) is 25.1. The third-order valence-electron chi connectivity index (χ3n) is 7.77. The summed E-state index contributed by atoms with van der Waals surface area (Å²) in [5.41, 5.74) is 0.787. The predicted octanol–water partition coefficient (Wildman–Crippen LogP) is 4.54. The van der Waals surface area contributed by atoms with Crippen LogP contribution in [0.2, 0.25) is 0 Å². The molecule has 1 amide bonds. The molecule has 3 aliphatic rings. The van der Waals surface area contributed by atoms with Gasteiger partial charge in [0.2, 0.25) is 0 Å². The Morgan fingerprint density at radius 1 is 1.03 bits per heavy atom. The number of carbonyl (C=O) groups excluding carboxylic acids is 1. The summed E-state index contributed by atoms with van der Waals surface area (Å²) in [6.07, 6.45) is 3.57. The molecule has 0 atom stereocenters. The summed E-state index contributed by atoms with van der Waals surface area (Å²) in [5, 5.41) is 3.01. The number of hydrogen-bond acceptors (Lipinski definition) is 5. The number of alkyl halides is 3. The number of nitrogens with zero attached hydrogens (tertiary/aromatic N) is 3. The van der Waals surface area contributed by atoms with Crippen LogP contribution in [0.4, 0.5) is 19.0 Å². The van der Waals surface area contributed by atoms with E-state index in [4.69, 9.17) is 4.74 Å². The van der Waals surface area contributed by atoms with Gasteiger partial charge in [-0.15, -0.1) is 0 Å². The van der Waals surface area contributed by atoms with Crippen molar-refractivity contribution in [3.8, 4) is 5.75 Å². The lowest BCUT2D eigenvalue weighted by Crippen LogP contribution is -2.47. The summed E-state index contributed by atoms with van der Waals surface area (Å²) in [6.45, 7) is 5.77. The summed E-state index contributed by atoms with van der Waals surface area (Å²) in [5.74, 6) is 2.30. The molecule has 0 radical (unpaired) electrons. The van der Waals surface area contributed by atoms with Crippen molar-refractivity contribution in [2.75, 3.05) is 44.2 Å². The van der Waals surface area contributed by atoms with Gasteiger partial charge in [-0.05, 0) is 74.9 Å². The standard InChI is InChI=1S/C27H33F3N4O2/c28-27(29,30)22-5-3-21(4-6-22)26(35)32-23-7-1-19(2-8-23)10-13-33-14-16-34(17-15-33)25-24-20(9-12-31-25)11-18-36-24/h3-6,9,12,19,23H,1-2,7-8,10-11,13-18H2,(H,32,35)/t19-,23-. The SMILES string of the molecule is O=C(N[C@H]1CC[C@H](CCN2CCN(c3nccc4c3OCC4)CC2)CC1)c1ccc(C(F)(F)F)cc1. The molecule has 3 heterocycles. The number of carbonyl (C=O) groups is 1. The third kappa shape index (κ3) is 5.77. The molecule has 1 saturated carbocycles. The second-order valence-electron chi connectivity index (χ2n) is 10.1. The number of hydrogen-bond donors (Lipinski definition) is 1. The Balaban J connectivity index is 1.01. The summed E-state index contributed by atoms with van der Waals surface area (Å²) in [4.78, 5) is 21.9. The van der Waals surface area contributed by atoms with Crippen molar-refractivity contribution in [1.82, 2.24) is 15.2 Å². The van der Waals surface area contributed by atoms with Crippen molar-refractivity contribution in [3.05, 3.63) is 53.2 Å². The van der Waals surface area contributed by atoms with Crippen LogP contribution in [0.15, 0.2) is 36.5 Å². The lowest BCUT2D eigenvalue weighted by molar-refractivity contribution is -0.137. The van der Waals surface area contributed by atoms with E-state index in [1.54, 1.807) is 0 Å². The van der Waals surface area contributed by atoms with Crippen LogP contribution in [0.5, 0.6) is 5.75 Å². The Bertz CT molecular complexity index is 1040. The quantitative estimate of drug-likeness (QED) is 0.629. The first-order valence-corrected chi connectivity index (χ1v) is 12.9. The molecule has 2 fully saturated rings. The molecule has 0 spiro atoms. The van der Waals surface area contributed by atoms with Crippen LogP contribution in [0.3, 0.4) is 0 Å². The van der Waals surface area contributed by atoms with Gasteiger partial charge in [0, 0.05) is 56.0 Å². The van der Waals surface area contributed by atoms with Gasteiger partial charge in [0.25, 0.3) is 5.91 Å². The molecule has 2 aromatic rings. The zero-order valence-electron chi connectivity index (χ0n) is 20.4. The number of amides is 1. The number of ether oxygens (including phenoxy) is 1. The highest BCUT2D eigenvalue weighted by molar-refractivity contribution is 5.94. The van der Waals surface area contributed by atoms with Crippen LogP contribution in [0, 0.1) is 5.92 Å². The molecule has 1 aromatic heterocycles. The normalized spacial score (nSPS) is 22.7. The van der Waals surface area contributed by atoms with Crippen molar-refractivity contribution < 1.29 is 22.7 Å². The molecular formula is C27H33F3N4O2. The molecule has 194 valence electrons. The third-order valence-corrected chi connectivity index (χ3v) is 7.77. The van der Waals surface area contributed by atoms with Crippen molar-refractivity contribution in [3.63, 3.8) is 0 Å². The molecule has 6 nitrogen and oxygen atoms in total. The van der Waals surface area contributed by atoms with Gasteiger partial charge >= 0.3 is 6.18 Å². The van der Waals surface area contributed by atoms with Gasteiger partial charge in [-0.1, -0.05) is 0 Å². The predicted molar refractivity (Wildman–Crippen MR) is 131 cm³/mol. The topological polar surface area (TPSA) is 57.7 Å². The summed E-state index contributed by atoms with van der Waals surface area (Å²) < 4.78 is 44.0. The van der Waals surface area contributed by atoms with E-state index in [0.29, 0.717) is 5.92 Å². The smallest absolute Gasteiger partial charge is 0.416 e. The average Bonchev–Trinajstić information content (AvgIpc) is 3.37. The second kappa shape index (κ2) is 10.7. The summed E-state index contributed by atoms with van der Waals surface area (Å²) in [6, 6.07) is 6.55. The fourth-order valence-corrected chi connectivity index (χ4v) is 5.54. The van der Waals surface area contributed by atoms with Gasteiger partial charge in [0.1, 0.15) is 0 Å². The highest BCUT2D eigenvalue weighted by Crippen LogP contribution is 2.35. The Morgan fingerprint density at radius 3 is 2.44 bits per heavy atom. The van der Waals surface area contributed by atoms with Crippen LogP contribution in [0.1, 0.15) is 53.6 Å². The number of halogens is 3. The molecule has 1 saturated heterocycles. The van der Waals surface area contributed by atoms with Crippen molar-refractivity contribution in [2.45, 2.75) is 50.7 Å². The zero-order valence-corrected chi connectivity index (χ0v) is 20.4. The van der Waals surface area contributed by atoms with Crippen LogP contribution in [-0.4, -0.2) is 61.2 Å². The molecule has 1 aliphatic carbocycles. The minimum absolute atomic E-state index is 0.0851. The molecule has 9 heteroatoms. The Morgan fingerprint density at radius 2 is 1.75 bits per heavy atom. The number of anilines is 1. The van der Waals surface area contributed by atoms with E-state index in [1.165, 1.54) is 17.7 Å². The monoisotopic (exact) mass is 502 g/mol. The average molecular weight is 503 g/mol.